The zero-order chi connectivity index (χ0) is 26.8. The van der Waals surface area contributed by atoms with Crippen molar-refractivity contribution in [3.05, 3.63) is 77.1 Å². The molecular formula is C27H21ClN6O4. The topological polar surface area (TPSA) is 158 Å². The number of phenolic OH excluding ortho intramolecular Hbond substituents is 1. The molecule has 0 unspecified atom stereocenters. The molecule has 4 N–H and O–H groups in total. The van der Waals surface area contributed by atoms with Crippen LogP contribution in [-0.2, 0) is 4.79 Å². The molecule has 2 amide bonds. The molecule has 1 aliphatic heterocycles. The van der Waals surface area contributed by atoms with E-state index in [1.54, 1.807) is 18.2 Å². The number of benzene rings is 2. The molecule has 0 spiro atoms. The molecule has 4 aromatic rings. The number of nitrogens with one attached hydrogen (secondary N) is 1. The van der Waals surface area contributed by atoms with Gasteiger partial charge in [-0.1, -0.05) is 28.9 Å². The minimum absolute atomic E-state index is 0.0302. The van der Waals surface area contributed by atoms with Crippen molar-refractivity contribution >= 4 is 34.9 Å². The van der Waals surface area contributed by atoms with Gasteiger partial charge in [0.2, 0.25) is 11.7 Å². The van der Waals surface area contributed by atoms with Gasteiger partial charge in [-0.05, 0) is 54.8 Å². The number of aromatic nitrogens is 2. The van der Waals surface area contributed by atoms with Gasteiger partial charge in [-0.15, -0.1) is 0 Å². The standard InChI is InChI=1S/C27H21ClN6O4/c28-16-6-7-18(23(35)12-16)21-13-19(20(14-29)26(32-21)33-27(37)24-8-9-31-38-24)15-3-1-4-17(11-15)34-10-2-5-22(34)25(30)36/h1,3-4,6-9,11-13,22,35H,2,5,10H2,(H2,30,36)(H,32,33,37)/t22-/m1/s1. The lowest BCUT2D eigenvalue weighted by Gasteiger charge is -2.25. The number of aromatic hydroxyl groups is 1. The van der Waals surface area contributed by atoms with Crippen LogP contribution in [0.4, 0.5) is 11.5 Å². The first kappa shape index (κ1) is 24.8. The monoisotopic (exact) mass is 528 g/mol. The third-order valence-electron chi connectivity index (χ3n) is 6.33. The molecule has 2 aromatic heterocycles. The first-order valence-electron chi connectivity index (χ1n) is 11.7. The highest BCUT2D eigenvalue weighted by molar-refractivity contribution is 6.30. The largest absolute Gasteiger partial charge is 0.507 e. The van der Waals surface area contributed by atoms with Crippen LogP contribution >= 0.6 is 11.6 Å². The zero-order valence-corrected chi connectivity index (χ0v) is 20.6. The smallest absolute Gasteiger partial charge is 0.295 e. The normalized spacial score (nSPS) is 14.7. The van der Waals surface area contributed by atoms with Crippen molar-refractivity contribution in [3.8, 4) is 34.2 Å². The molecule has 0 radical (unpaired) electrons. The molecule has 1 saturated heterocycles. The summed E-state index contributed by atoms with van der Waals surface area (Å²) in [7, 11) is 0. The molecule has 5 rings (SSSR count). The van der Waals surface area contributed by atoms with E-state index in [1.807, 2.05) is 29.2 Å². The van der Waals surface area contributed by atoms with Crippen LogP contribution in [0.15, 0.2) is 65.3 Å². The second-order valence-corrected chi connectivity index (χ2v) is 9.12. The van der Waals surface area contributed by atoms with Crippen LogP contribution in [0.2, 0.25) is 5.02 Å². The van der Waals surface area contributed by atoms with E-state index in [2.05, 4.69) is 21.5 Å². The van der Waals surface area contributed by atoms with Crippen molar-refractivity contribution in [2.75, 3.05) is 16.8 Å². The van der Waals surface area contributed by atoms with Gasteiger partial charge in [0.1, 0.15) is 23.4 Å². The summed E-state index contributed by atoms with van der Waals surface area (Å²) in [6.07, 6.45) is 2.81. The summed E-state index contributed by atoms with van der Waals surface area (Å²) in [5.74, 6) is -1.26. The van der Waals surface area contributed by atoms with Crippen LogP contribution in [0, 0.1) is 11.3 Å². The Kier molecular flexibility index (Phi) is 6.68. The number of carbonyl (C=O) groups excluding carboxylic acids is 2. The zero-order valence-electron chi connectivity index (χ0n) is 19.9. The Labute approximate surface area is 222 Å². The van der Waals surface area contributed by atoms with E-state index < -0.39 is 17.9 Å². The number of halogens is 1. The number of anilines is 2. The highest BCUT2D eigenvalue weighted by Gasteiger charge is 2.29. The Morgan fingerprint density at radius 2 is 2.03 bits per heavy atom. The molecule has 1 fully saturated rings. The molecule has 11 heteroatoms. The number of pyridine rings is 1. The number of nitrogens with zero attached hydrogens (tertiary/aromatic N) is 4. The second-order valence-electron chi connectivity index (χ2n) is 8.69. The van der Waals surface area contributed by atoms with Crippen molar-refractivity contribution in [2.45, 2.75) is 18.9 Å². The van der Waals surface area contributed by atoms with Gasteiger partial charge in [-0.3, -0.25) is 9.59 Å². The predicted octanol–water partition coefficient (Wildman–Crippen LogP) is 4.34. The van der Waals surface area contributed by atoms with E-state index in [-0.39, 0.29) is 22.9 Å². The summed E-state index contributed by atoms with van der Waals surface area (Å²) >= 11 is 6.02. The summed E-state index contributed by atoms with van der Waals surface area (Å²) in [5, 5.41) is 27.2. The Morgan fingerprint density at radius 1 is 1.18 bits per heavy atom. The van der Waals surface area contributed by atoms with Gasteiger partial charge in [-0.25, -0.2) is 4.98 Å². The molecule has 3 heterocycles. The van der Waals surface area contributed by atoms with E-state index in [1.165, 1.54) is 18.3 Å². The van der Waals surface area contributed by atoms with Crippen molar-refractivity contribution in [3.63, 3.8) is 0 Å². The summed E-state index contributed by atoms with van der Waals surface area (Å²) in [6, 6.07) is 16.7. The maximum absolute atomic E-state index is 12.8. The van der Waals surface area contributed by atoms with Crippen molar-refractivity contribution in [1.29, 1.82) is 5.26 Å². The van der Waals surface area contributed by atoms with Crippen LogP contribution in [-0.4, -0.2) is 39.6 Å². The first-order chi connectivity index (χ1) is 18.4. The van der Waals surface area contributed by atoms with Gasteiger partial charge in [-0.2, -0.15) is 5.26 Å². The molecule has 0 saturated carbocycles. The quantitative estimate of drug-likeness (QED) is 0.333. The third-order valence-corrected chi connectivity index (χ3v) is 6.57. The number of hydrogen-bond acceptors (Lipinski definition) is 8. The minimum atomic E-state index is -0.648. The van der Waals surface area contributed by atoms with Crippen molar-refractivity contribution < 1.29 is 19.2 Å². The Hall–Kier alpha value is -4.88. The van der Waals surface area contributed by atoms with Gasteiger partial charge >= 0.3 is 0 Å². The summed E-state index contributed by atoms with van der Waals surface area (Å²) in [5.41, 5.74) is 8.22. The number of hydrogen-bond donors (Lipinski definition) is 3. The SMILES string of the molecule is N#Cc1c(-c2cccc(N3CCC[C@@H]3C(N)=O)c2)cc(-c2ccc(Cl)cc2O)nc1NC(=O)c1ccno1. The van der Waals surface area contributed by atoms with Crippen LogP contribution in [0.25, 0.3) is 22.4 Å². The molecule has 190 valence electrons. The van der Waals surface area contributed by atoms with Crippen molar-refractivity contribution in [1.82, 2.24) is 10.1 Å². The fourth-order valence-electron chi connectivity index (χ4n) is 4.56. The fraction of sp³-hybridized carbons (Fsp3) is 0.148. The average Bonchev–Trinajstić information content (AvgIpc) is 3.61. The van der Waals surface area contributed by atoms with Gasteiger partial charge in [0.05, 0.1) is 11.9 Å². The van der Waals surface area contributed by atoms with Crippen molar-refractivity contribution in [2.24, 2.45) is 5.73 Å². The molecule has 1 aliphatic rings. The number of phenols is 1. The number of primary amides is 1. The van der Waals surface area contributed by atoms with Crippen LogP contribution in [0.1, 0.15) is 29.0 Å². The third kappa shape index (κ3) is 4.75. The molecular weight excluding hydrogens is 508 g/mol. The van der Waals surface area contributed by atoms with Gasteiger partial charge in [0.25, 0.3) is 5.91 Å². The Balaban J connectivity index is 1.66. The lowest BCUT2D eigenvalue weighted by molar-refractivity contribution is -0.119. The minimum Gasteiger partial charge on any atom is -0.507 e. The number of nitrogens with two attached hydrogens (primary N) is 1. The second kappa shape index (κ2) is 10.2. The molecule has 2 aromatic carbocycles. The van der Waals surface area contributed by atoms with E-state index in [4.69, 9.17) is 21.9 Å². The lowest BCUT2D eigenvalue weighted by Crippen LogP contribution is -2.40. The summed E-state index contributed by atoms with van der Waals surface area (Å²) in [6.45, 7) is 0.668. The molecule has 10 nitrogen and oxygen atoms in total. The number of amides is 2. The molecule has 0 aliphatic carbocycles. The lowest BCUT2D eigenvalue weighted by atomic mass is 9.97. The van der Waals surface area contributed by atoms with Gasteiger partial charge < -0.3 is 25.6 Å². The van der Waals surface area contributed by atoms with Gasteiger partial charge in [0.15, 0.2) is 5.82 Å². The molecule has 0 bridgehead atoms. The Morgan fingerprint density at radius 3 is 2.74 bits per heavy atom. The van der Waals surface area contributed by atoms with Crippen LogP contribution < -0.4 is 16.0 Å². The summed E-state index contributed by atoms with van der Waals surface area (Å²) in [4.78, 5) is 31.2. The van der Waals surface area contributed by atoms with Crippen LogP contribution in [0.3, 0.4) is 0 Å². The highest BCUT2D eigenvalue weighted by atomic mass is 35.5. The highest BCUT2D eigenvalue weighted by Crippen LogP contribution is 2.38. The van der Waals surface area contributed by atoms with E-state index >= 15 is 0 Å². The fourth-order valence-corrected chi connectivity index (χ4v) is 4.73. The maximum Gasteiger partial charge on any atom is 0.295 e. The average molecular weight is 529 g/mol. The van der Waals surface area contributed by atoms with E-state index in [0.717, 1.165) is 12.1 Å². The summed E-state index contributed by atoms with van der Waals surface area (Å²) < 4.78 is 4.93. The Bertz CT molecular complexity index is 1580. The molecule has 1 atom stereocenters. The first-order valence-corrected chi connectivity index (χ1v) is 12.1. The number of carbonyl (C=O) groups is 2. The van der Waals surface area contributed by atoms with Gasteiger partial charge in [0, 0.05) is 34.4 Å². The number of rotatable bonds is 6. The predicted molar refractivity (Wildman–Crippen MR) is 141 cm³/mol. The molecule has 38 heavy (non-hydrogen) atoms. The van der Waals surface area contributed by atoms with Crippen LogP contribution in [0.5, 0.6) is 5.75 Å². The maximum atomic E-state index is 12.8. The number of nitriles is 1. The van der Waals surface area contributed by atoms with E-state index in [0.29, 0.717) is 40.4 Å². The van der Waals surface area contributed by atoms with E-state index in [9.17, 15) is 20.0 Å².